The number of nitrogens with one attached hydrogen (secondary N) is 1. The number of nitrogens with zero attached hydrogens (tertiary/aromatic N) is 1. The van der Waals surface area contributed by atoms with Gasteiger partial charge in [0.25, 0.3) is 5.69 Å². The lowest BCUT2D eigenvalue weighted by Gasteiger charge is -2.32. The van der Waals surface area contributed by atoms with Crippen molar-refractivity contribution >= 4 is 28.0 Å². The van der Waals surface area contributed by atoms with Gasteiger partial charge in [0.1, 0.15) is 0 Å². The fourth-order valence-corrected chi connectivity index (χ4v) is 5.66. The highest BCUT2D eigenvalue weighted by Crippen LogP contribution is 2.50. The number of fused-ring (bicyclic) bond motifs is 1. The quantitative estimate of drug-likeness (QED) is 0.613. The lowest BCUT2D eigenvalue weighted by molar-refractivity contribution is -0.384. The smallest absolute Gasteiger partial charge is 0.269 e. The van der Waals surface area contributed by atoms with Crippen molar-refractivity contribution in [3.05, 3.63) is 67.7 Å². The van der Waals surface area contributed by atoms with Crippen LogP contribution in [0.5, 0.6) is 0 Å². The average Bonchev–Trinajstić information content (AvgIpc) is 3.10. The van der Waals surface area contributed by atoms with E-state index < -0.39 is 16.8 Å². The normalized spacial score (nSPS) is 19.8. The highest BCUT2D eigenvalue weighted by Gasteiger charge is 2.35. The molecule has 146 valence electrons. The number of aliphatic carboxylic acids is 1. The van der Waals surface area contributed by atoms with E-state index in [0.29, 0.717) is 17.2 Å². The molecule has 1 aliphatic carbocycles. The summed E-state index contributed by atoms with van der Waals surface area (Å²) in [5.41, 5.74) is 3.38. The first-order valence-corrected chi connectivity index (χ1v) is 10.4. The molecular weight excluding hydrogens is 376 g/mol. The molecule has 1 saturated carbocycles. The number of carboxylic acid groups (broad SMARTS) is 1. The van der Waals surface area contributed by atoms with Crippen molar-refractivity contribution < 1.29 is 14.8 Å². The van der Waals surface area contributed by atoms with E-state index in [-0.39, 0.29) is 11.3 Å². The van der Waals surface area contributed by atoms with Gasteiger partial charge in [0.2, 0.25) is 0 Å². The maximum atomic E-state index is 12.0. The van der Waals surface area contributed by atoms with E-state index in [9.17, 15) is 20.0 Å². The number of rotatable bonds is 4. The van der Waals surface area contributed by atoms with Crippen molar-refractivity contribution in [2.75, 3.05) is 5.32 Å². The standard InChI is InChI=1S/C21H22N2O4S/c1-12-17(21(24)25)18(14-8-5-9-15(10-14)23(26)27)19-16(11-28-20(19)22-12)13-6-3-2-4-7-13/h5,8-11,13,18,22H,2-4,6-7H2,1H3,(H,24,25)/p-1. The highest BCUT2D eigenvalue weighted by atomic mass is 32.1. The van der Waals surface area contributed by atoms with Crippen LogP contribution in [0.4, 0.5) is 10.7 Å². The Morgan fingerprint density at radius 3 is 2.68 bits per heavy atom. The minimum absolute atomic E-state index is 0.0395. The number of nitro groups is 1. The molecule has 4 rings (SSSR count). The zero-order valence-corrected chi connectivity index (χ0v) is 16.4. The molecule has 1 unspecified atom stereocenters. The third-order valence-corrected chi connectivity index (χ3v) is 6.75. The SMILES string of the molecule is CC1=C(C(=O)[O-])C(c2cccc([N+](=O)[O-])c2)c2c(C3CCCCC3)csc2N1. The molecule has 0 spiro atoms. The fraction of sp³-hybridized carbons (Fsp3) is 0.381. The molecule has 1 N–H and O–H groups in total. The van der Waals surface area contributed by atoms with E-state index in [0.717, 1.165) is 23.4 Å². The number of carbonyl (C=O) groups is 1. The van der Waals surface area contributed by atoms with Gasteiger partial charge in [0.05, 0.1) is 15.9 Å². The first kappa shape index (κ1) is 18.7. The summed E-state index contributed by atoms with van der Waals surface area (Å²) < 4.78 is 0. The van der Waals surface area contributed by atoms with E-state index >= 15 is 0 Å². The summed E-state index contributed by atoms with van der Waals surface area (Å²) in [5, 5.41) is 29.6. The molecule has 1 aromatic carbocycles. The number of nitro benzene ring substituents is 1. The molecule has 1 atom stereocenters. The van der Waals surface area contributed by atoms with Gasteiger partial charge < -0.3 is 15.2 Å². The number of carboxylic acids is 1. The fourth-order valence-electron chi connectivity index (χ4n) is 4.53. The monoisotopic (exact) mass is 397 g/mol. The largest absolute Gasteiger partial charge is 0.545 e. The number of anilines is 1. The number of carbonyl (C=O) groups excluding carboxylic acids is 1. The first-order valence-electron chi connectivity index (χ1n) is 9.52. The molecule has 2 aliphatic rings. The molecule has 2 heterocycles. The minimum Gasteiger partial charge on any atom is -0.545 e. The van der Waals surface area contributed by atoms with E-state index in [1.807, 2.05) is 0 Å². The molecular formula is C21H21N2O4S-. The molecule has 6 nitrogen and oxygen atoms in total. The summed E-state index contributed by atoms with van der Waals surface area (Å²) in [6.45, 7) is 1.72. The molecule has 28 heavy (non-hydrogen) atoms. The van der Waals surface area contributed by atoms with E-state index in [1.54, 1.807) is 30.4 Å². The molecule has 0 amide bonds. The van der Waals surface area contributed by atoms with Crippen LogP contribution >= 0.6 is 11.3 Å². The molecule has 2 aromatic rings. The van der Waals surface area contributed by atoms with Crippen molar-refractivity contribution in [2.45, 2.75) is 50.9 Å². The van der Waals surface area contributed by atoms with Crippen LogP contribution in [0, 0.1) is 10.1 Å². The Morgan fingerprint density at radius 1 is 1.25 bits per heavy atom. The Kier molecular flexibility index (Phi) is 4.93. The summed E-state index contributed by atoms with van der Waals surface area (Å²) in [4.78, 5) is 22.9. The molecule has 1 fully saturated rings. The third-order valence-electron chi connectivity index (χ3n) is 5.82. The van der Waals surface area contributed by atoms with Gasteiger partial charge in [0.15, 0.2) is 0 Å². The van der Waals surface area contributed by atoms with Crippen LogP contribution in [-0.4, -0.2) is 10.9 Å². The van der Waals surface area contributed by atoms with E-state index in [4.69, 9.17) is 0 Å². The number of thiophene rings is 1. The maximum absolute atomic E-state index is 12.0. The summed E-state index contributed by atoms with van der Waals surface area (Å²) >= 11 is 1.58. The summed E-state index contributed by atoms with van der Waals surface area (Å²) in [6, 6.07) is 6.30. The lowest BCUT2D eigenvalue weighted by Crippen LogP contribution is -2.32. The van der Waals surface area contributed by atoms with Crippen LogP contribution in [0.3, 0.4) is 0 Å². The van der Waals surface area contributed by atoms with Gasteiger partial charge >= 0.3 is 0 Å². The van der Waals surface area contributed by atoms with Crippen LogP contribution in [-0.2, 0) is 4.79 Å². The summed E-state index contributed by atoms with van der Waals surface area (Å²) in [7, 11) is 0. The third kappa shape index (κ3) is 3.20. The predicted octanol–water partition coefficient (Wildman–Crippen LogP) is 4.29. The van der Waals surface area contributed by atoms with Gasteiger partial charge in [-0.05, 0) is 42.2 Å². The Hall–Kier alpha value is -2.67. The van der Waals surface area contributed by atoms with Gasteiger partial charge in [-0.15, -0.1) is 11.3 Å². The van der Waals surface area contributed by atoms with Crippen molar-refractivity contribution in [2.24, 2.45) is 0 Å². The zero-order valence-electron chi connectivity index (χ0n) is 15.6. The number of benzene rings is 1. The Balaban J connectivity index is 1.89. The number of hydrogen-bond donors (Lipinski definition) is 1. The Bertz CT molecular complexity index is 973. The van der Waals surface area contributed by atoms with Crippen LogP contribution < -0.4 is 10.4 Å². The highest BCUT2D eigenvalue weighted by molar-refractivity contribution is 7.14. The van der Waals surface area contributed by atoms with Crippen molar-refractivity contribution in [3.8, 4) is 0 Å². The summed E-state index contributed by atoms with van der Waals surface area (Å²) in [6.07, 6.45) is 5.76. The molecule has 0 bridgehead atoms. The molecule has 0 saturated heterocycles. The second kappa shape index (κ2) is 7.39. The van der Waals surface area contributed by atoms with Gasteiger partial charge in [-0.2, -0.15) is 0 Å². The Morgan fingerprint density at radius 2 is 2.00 bits per heavy atom. The van der Waals surface area contributed by atoms with Crippen LogP contribution in [0.2, 0.25) is 0 Å². The van der Waals surface area contributed by atoms with Crippen LogP contribution in [0.1, 0.15) is 67.6 Å². The average molecular weight is 397 g/mol. The van der Waals surface area contributed by atoms with Crippen molar-refractivity contribution in [3.63, 3.8) is 0 Å². The number of non-ortho nitro benzene ring substituents is 1. The van der Waals surface area contributed by atoms with E-state index in [1.165, 1.54) is 37.0 Å². The van der Waals surface area contributed by atoms with Gasteiger partial charge in [0, 0.05) is 34.9 Å². The summed E-state index contributed by atoms with van der Waals surface area (Å²) in [5.74, 6) is -1.41. The molecule has 0 radical (unpaired) electrons. The van der Waals surface area contributed by atoms with Gasteiger partial charge in [-0.1, -0.05) is 31.4 Å². The molecule has 1 aromatic heterocycles. The maximum Gasteiger partial charge on any atom is 0.269 e. The number of allylic oxidation sites excluding steroid dienone is 1. The molecule has 7 heteroatoms. The van der Waals surface area contributed by atoms with E-state index in [2.05, 4.69) is 10.7 Å². The van der Waals surface area contributed by atoms with Gasteiger partial charge in [-0.3, -0.25) is 10.1 Å². The lowest BCUT2D eigenvalue weighted by atomic mass is 9.76. The van der Waals surface area contributed by atoms with Crippen LogP contribution in [0.15, 0.2) is 40.9 Å². The predicted molar refractivity (Wildman–Crippen MR) is 106 cm³/mol. The molecule has 1 aliphatic heterocycles. The topological polar surface area (TPSA) is 95.3 Å². The van der Waals surface area contributed by atoms with Gasteiger partial charge in [-0.25, -0.2) is 0 Å². The second-order valence-corrected chi connectivity index (χ2v) is 8.38. The number of hydrogen-bond acceptors (Lipinski definition) is 6. The van der Waals surface area contributed by atoms with Crippen molar-refractivity contribution in [1.29, 1.82) is 0 Å². The minimum atomic E-state index is -1.24. The zero-order chi connectivity index (χ0) is 19.8. The Labute approximate surface area is 167 Å². The van der Waals surface area contributed by atoms with Crippen LogP contribution in [0.25, 0.3) is 0 Å². The van der Waals surface area contributed by atoms with Crippen molar-refractivity contribution in [1.82, 2.24) is 0 Å². The second-order valence-electron chi connectivity index (χ2n) is 7.51. The first-order chi connectivity index (χ1) is 13.5.